The molecule has 0 aromatic heterocycles. The van der Waals surface area contributed by atoms with Gasteiger partial charge in [-0.05, 0) is 31.6 Å². The molecule has 0 heterocycles. The molecule has 0 aliphatic carbocycles. The lowest BCUT2D eigenvalue weighted by Gasteiger charge is -2.21. The van der Waals surface area contributed by atoms with Crippen LogP contribution in [0.15, 0.2) is 0 Å². The molecule has 0 aromatic carbocycles. The molecule has 19 heteroatoms. The molecule has 0 aliphatic heterocycles. The van der Waals surface area contributed by atoms with E-state index in [1.54, 1.807) is 0 Å². The topological polar surface area (TPSA) is 237 Å². The lowest BCUT2D eigenvalue weighted by atomic mass is 10.0. The van der Waals surface area contributed by atoms with E-state index >= 15 is 0 Å². The van der Waals surface area contributed by atoms with Gasteiger partial charge >= 0.3 is 39.5 Å². The van der Waals surface area contributed by atoms with Crippen molar-refractivity contribution in [2.45, 2.75) is 432 Å². The largest absolute Gasteiger partial charge is 0.472 e. The maximum atomic E-state index is 13.1. The van der Waals surface area contributed by atoms with E-state index in [0.29, 0.717) is 25.7 Å². The highest BCUT2D eigenvalue weighted by molar-refractivity contribution is 7.47. The number of aliphatic hydroxyl groups is 1. The second-order valence-corrected chi connectivity index (χ2v) is 31.5. The van der Waals surface area contributed by atoms with E-state index in [0.717, 1.165) is 95.8 Å². The van der Waals surface area contributed by atoms with E-state index in [4.69, 9.17) is 37.0 Å². The summed E-state index contributed by atoms with van der Waals surface area (Å²) in [6.07, 6.45) is 61.1. The summed E-state index contributed by atoms with van der Waals surface area (Å²) in [5, 5.41) is 10.6. The molecule has 0 saturated carbocycles. The highest BCUT2D eigenvalue weighted by Crippen LogP contribution is 2.45. The average molecular weight is 1420 g/mol. The molecule has 0 bridgehead atoms. The van der Waals surface area contributed by atoms with Crippen molar-refractivity contribution in [1.29, 1.82) is 0 Å². The molecule has 0 saturated heterocycles. The Kier molecular flexibility index (Phi) is 69.6. The maximum Gasteiger partial charge on any atom is 0.472 e. The molecular formula is C78H152O17P2. The third kappa shape index (κ3) is 72.2. The molecule has 0 aromatic rings. The summed E-state index contributed by atoms with van der Waals surface area (Å²) in [6.45, 7) is 7.30. The predicted octanol–water partition coefficient (Wildman–Crippen LogP) is 23.3. The van der Waals surface area contributed by atoms with Crippen LogP contribution in [-0.2, 0) is 65.4 Å². The molecule has 0 rings (SSSR count). The van der Waals surface area contributed by atoms with Crippen molar-refractivity contribution in [1.82, 2.24) is 0 Å². The third-order valence-electron chi connectivity index (χ3n) is 18.3. The van der Waals surface area contributed by atoms with Crippen LogP contribution in [0.2, 0.25) is 0 Å². The van der Waals surface area contributed by atoms with Crippen molar-refractivity contribution in [3.05, 3.63) is 0 Å². The quantitative estimate of drug-likeness (QED) is 0.0222. The Bertz CT molecular complexity index is 1860. The van der Waals surface area contributed by atoms with Gasteiger partial charge in [0.1, 0.15) is 19.3 Å². The molecular weight excluding hydrogens is 1270 g/mol. The molecule has 0 fully saturated rings. The Morgan fingerprint density at radius 3 is 0.701 bits per heavy atom. The van der Waals surface area contributed by atoms with E-state index in [9.17, 15) is 43.2 Å². The van der Waals surface area contributed by atoms with Crippen LogP contribution in [0.1, 0.15) is 413 Å². The van der Waals surface area contributed by atoms with Gasteiger partial charge in [0.15, 0.2) is 12.2 Å². The number of carbonyl (C=O) groups excluding carboxylic acids is 4. The van der Waals surface area contributed by atoms with E-state index in [2.05, 4.69) is 34.6 Å². The number of unbranched alkanes of at least 4 members (excludes halogenated alkanes) is 50. The van der Waals surface area contributed by atoms with E-state index < -0.39 is 97.5 Å². The van der Waals surface area contributed by atoms with Crippen molar-refractivity contribution in [3.63, 3.8) is 0 Å². The number of hydrogen-bond acceptors (Lipinski definition) is 15. The van der Waals surface area contributed by atoms with Crippen LogP contribution in [0.4, 0.5) is 0 Å². The molecule has 3 N–H and O–H groups in total. The molecule has 0 spiro atoms. The van der Waals surface area contributed by atoms with Gasteiger partial charge in [-0.1, -0.05) is 362 Å². The summed E-state index contributed by atoms with van der Waals surface area (Å²) < 4.78 is 68.5. The Hall–Kier alpha value is -1.94. The summed E-state index contributed by atoms with van der Waals surface area (Å²) in [7, 11) is -9.91. The van der Waals surface area contributed by atoms with Gasteiger partial charge in [0.25, 0.3) is 0 Å². The van der Waals surface area contributed by atoms with Gasteiger partial charge in [-0.2, -0.15) is 0 Å². The Morgan fingerprint density at radius 1 is 0.278 bits per heavy atom. The van der Waals surface area contributed by atoms with Gasteiger partial charge in [0.05, 0.1) is 26.4 Å². The van der Waals surface area contributed by atoms with Crippen LogP contribution >= 0.6 is 15.6 Å². The molecule has 97 heavy (non-hydrogen) atoms. The number of phosphoric acid groups is 2. The fourth-order valence-corrected chi connectivity index (χ4v) is 13.6. The highest BCUT2D eigenvalue weighted by Gasteiger charge is 2.30. The summed E-state index contributed by atoms with van der Waals surface area (Å²) in [5.41, 5.74) is 0. The SMILES string of the molecule is CCCCCCCCCCCCCCCCCCCCCCCC(=O)O[C@H](COC(=O)CCCCCCCCCCCCCCC(C)C)COP(=O)(O)OC[C@@H](O)COP(=O)(O)OC[C@@H](COC(=O)CCCCCCCCCCCC)OC(=O)CCCCCCCCCCCCC. The van der Waals surface area contributed by atoms with E-state index in [-0.39, 0.29) is 25.7 Å². The number of aliphatic hydroxyl groups excluding tert-OH is 1. The number of esters is 4. The fraction of sp³-hybridized carbons (Fsp3) is 0.949. The standard InChI is InChI=1S/C78H152O17P2/c1-6-9-12-15-18-21-24-25-26-27-28-29-30-31-32-33-39-44-49-54-59-64-78(83)95-74(68-89-76(81)62-57-52-47-42-38-35-34-37-40-45-50-55-60-71(4)5)70-93-97(86,87)91-66-72(79)65-90-96(84,85)92-69-73(67-88-75(80)61-56-51-46-41-23-20-17-14-11-8-3)94-77(82)63-58-53-48-43-36-22-19-16-13-10-7-2/h71-74,79H,6-70H2,1-5H3,(H,84,85)(H,86,87)/t72-,73+,74+/m0/s1. The zero-order valence-corrected chi connectivity index (χ0v) is 65.0. The number of carbonyl (C=O) groups is 4. The van der Waals surface area contributed by atoms with Crippen molar-refractivity contribution >= 4 is 39.5 Å². The Morgan fingerprint density at radius 2 is 0.474 bits per heavy atom. The van der Waals surface area contributed by atoms with Crippen LogP contribution in [0.25, 0.3) is 0 Å². The highest BCUT2D eigenvalue weighted by atomic mass is 31.2. The van der Waals surface area contributed by atoms with Crippen molar-refractivity contribution in [3.8, 4) is 0 Å². The normalized spacial score (nSPS) is 13.9. The van der Waals surface area contributed by atoms with Crippen LogP contribution in [-0.4, -0.2) is 96.7 Å². The minimum absolute atomic E-state index is 0.107. The van der Waals surface area contributed by atoms with Gasteiger partial charge in [0, 0.05) is 25.7 Å². The second-order valence-electron chi connectivity index (χ2n) is 28.6. The van der Waals surface area contributed by atoms with Crippen LogP contribution in [0.3, 0.4) is 0 Å². The molecule has 2 unspecified atom stereocenters. The molecule has 576 valence electrons. The van der Waals surface area contributed by atoms with Crippen molar-refractivity contribution in [2.75, 3.05) is 39.6 Å². The number of rotatable bonds is 78. The second kappa shape index (κ2) is 71.1. The first-order valence-corrected chi connectivity index (χ1v) is 43.6. The van der Waals surface area contributed by atoms with Crippen LogP contribution < -0.4 is 0 Å². The summed E-state index contributed by atoms with van der Waals surface area (Å²) >= 11 is 0. The summed E-state index contributed by atoms with van der Waals surface area (Å²) in [6, 6.07) is 0. The van der Waals surface area contributed by atoms with Gasteiger partial charge in [0.2, 0.25) is 0 Å². The summed E-state index contributed by atoms with van der Waals surface area (Å²) in [5.74, 6) is -1.33. The maximum absolute atomic E-state index is 13.1. The van der Waals surface area contributed by atoms with E-state index in [1.165, 1.54) is 238 Å². The van der Waals surface area contributed by atoms with Crippen LogP contribution in [0, 0.1) is 5.92 Å². The van der Waals surface area contributed by atoms with Gasteiger partial charge in [-0.25, -0.2) is 9.13 Å². The lowest BCUT2D eigenvalue weighted by molar-refractivity contribution is -0.161. The number of hydrogen-bond donors (Lipinski definition) is 3. The lowest BCUT2D eigenvalue weighted by Crippen LogP contribution is -2.30. The molecule has 0 amide bonds. The predicted molar refractivity (Wildman–Crippen MR) is 395 cm³/mol. The minimum Gasteiger partial charge on any atom is -0.462 e. The fourth-order valence-electron chi connectivity index (χ4n) is 12.1. The number of phosphoric ester groups is 2. The smallest absolute Gasteiger partial charge is 0.462 e. The first-order chi connectivity index (χ1) is 47.0. The van der Waals surface area contributed by atoms with E-state index in [1.807, 2.05) is 0 Å². The Balaban J connectivity index is 5.20. The number of ether oxygens (including phenoxy) is 4. The van der Waals surface area contributed by atoms with Gasteiger partial charge in [-0.3, -0.25) is 37.3 Å². The average Bonchev–Trinajstić information content (AvgIpc) is 1.22. The van der Waals surface area contributed by atoms with Crippen molar-refractivity contribution < 1.29 is 80.2 Å². The Labute approximate surface area is 594 Å². The van der Waals surface area contributed by atoms with Gasteiger partial charge < -0.3 is 33.8 Å². The zero-order valence-electron chi connectivity index (χ0n) is 63.2. The third-order valence-corrected chi connectivity index (χ3v) is 20.2. The minimum atomic E-state index is -4.96. The van der Waals surface area contributed by atoms with Crippen LogP contribution in [0.5, 0.6) is 0 Å². The first-order valence-electron chi connectivity index (χ1n) is 40.6. The molecule has 17 nitrogen and oxygen atoms in total. The molecule has 0 radical (unpaired) electrons. The summed E-state index contributed by atoms with van der Waals surface area (Å²) in [4.78, 5) is 72.8. The van der Waals surface area contributed by atoms with Gasteiger partial charge in [-0.15, -0.1) is 0 Å². The molecule has 5 atom stereocenters. The monoisotopic (exact) mass is 1420 g/mol. The zero-order chi connectivity index (χ0) is 71.2. The first kappa shape index (κ1) is 95.1. The molecule has 0 aliphatic rings. The van der Waals surface area contributed by atoms with Crippen molar-refractivity contribution in [2.24, 2.45) is 5.92 Å².